The maximum absolute atomic E-state index is 12.4. The van der Waals surface area contributed by atoms with E-state index in [1.54, 1.807) is 43.3 Å². The first-order valence-corrected chi connectivity index (χ1v) is 11.8. The normalized spacial score (nSPS) is 13.0. The molecule has 0 bridgehead atoms. The molecular formula is C22H22ClNO6S. The molecule has 0 spiro atoms. The number of carbonyl (C=O) groups is 3. The number of hydrogen-bond acceptors (Lipinski definition) is 6. The SMILES string of the molecule is CCS(=O)(=O)N1CCc2cc(C(=O)COC(=O)CCC(=O)c3ccc(Cl)cc3)ccc21. The fraction of sp³-hybridized carbons (Fsp3) is 0.318. The molecule has 0 radical (unpaired) electrons. The number of halogens is 1. The molecule has 0 fully saturated rings. The number of ketones is 2. The molecule has 3 rings (SSSR count). The molecule has 0 unspecified atom stereocenters. The van der Waals surface area contributed by atoms with Crippen LogP contribution in [0.25, 0.3) is 0 Å². The molecule has 0 saturated heterocycles. The fourth-order valence-corrected chi connectivity index (χ4v) is 4.57. The number of hydrogen-bond donors (Lipinski definition) is 0. The highest BCUT2D eigenvalue weighted by molar-refractivity contribution is 7.92. The number of fused-ring (bicyclic) bond motifs is 1. The number of sulfonamides is 1. The Hall–Kier alpha value is -2.71. The number of anilines is 1. The van der Waals surface area contributed by atoms with E-state index < -0.39 is 28.4 Å². The van der Waals surface area contributed by atoms with Crippen LogP contribution in [0.3, 0.4) is 0 Å². The Kier molecular flexibility index (Phi) is 7.12. The zero-order chi connectivity index (χ0) is 22.6. The van der Waals surface area contributed by atoms with Crippen LogP contribution in [0.5, 0.6) is 0 Å². The van der Waals surface area contributed by atoms with E-state index in [4.69, 9.17) is 16.3 Å². The van der Waals surface area contributed by atoms with Crippen LogP contribution in [-0.2, 0) is 26.0 Å². The van der Waals surface area contributed by atoms with Crippen LogP contribution in [0, 0.1) is 0 Å². The van der Waals surface area contributed by atoms with Gasteiger partial charge in [0, 0.05) is 29.1 Å². The monoisotopic (exact) mass is 463 g/mol. The van der Waals surface area contributed by atoms with Gasteiger partial charge in [0.2, 0.25) is 10.0 Å². The van der Waals surface area contributed by atoms with E-state index >= 15 is 0 Å². The minimum absolute atomic E-state index is 0.00357. The second kappa shape index (κ2) is 9.62. The summed E-state index contributed by atoms with van der Waals surface area (Å²) in [6.07, 6.45) is 0.348. The molecule has 0 aliphatic carbocycles. The fourth-order valence-electron chi connectivity index (χ4n) is 3.29. The maximum atomic E-state index is 12.4. The molecule has 1 aliphatic rings. The van der Waals surface area contributed by atoms with Gasteiger partial charge in [-0.2, -0.15) is 0 Å². The van der Waals surface area contributed by atoms with E-state index in [1.165, 1.54) is 10.4 Å². The molecule has 1 aliphatic heterocycles. The highest BCUT2D eigenvalue weighted by Crippen LogP contribution is 2.31. The van der Waals surface area contributed by atoms with Crippen molar-refractivity contribution in [1.82, 2.24) is 0 Å². The van der Waals surface area contributed by atoms with Crippen molar-refractivity contribution in [2.45, 2.75) is 26.2 Å². The Balaban J connectivity index is 1.52. The molecular weight excluding hydrogens is 442 g/mol. The third-order valence-corrected chi connectivity index (χ3v) is 7.07. The van der Waals surface area contributed by atoms with Crippen molar-refractivity contribution < 1.29 is 27.5 Å². The lowest BCUT2D eigenvalue weighted by molar-refractivity contribution is -0.142. The van der Waals surface area contributed by atoms with Gasteiger partial charge in [0.25, 0.3) is 0 Å². The minimum atomic E-state index is -3.36. The van der Waals surface area contributed by atoms with Crippen molar-refractivity contribution >= 4 is 44.8 Å². The number of esters is 1. The van der Waals surface area contributed by atoms with Crippen LogP contribution >= 0.6 is 11.6 Å². The number of nitrogens with zero attached hydrogens (tertiary/aromatic N) is 1. The lowest BCUT2D eigenvalue weighted by Crippen LogP contribution is -2.30. The van der Waals surface area contributed by atoms with Gasteiger partial charge in [-0.25, -0.2) is 8.42 Å². The van der Waals surface area contributed by atoms with Crippen molar-refractivity contribution in [2.75, 3.05) is 23.2 Å². The molecule has 0 N–H and O–H groups in total. The van der Waals surface area contributed by atoms with E-state index in [9.17, 15) is 22.8 Å². The summed E-state index contributed by atoms with van der Waals surface area (Å²) in [6, 6.07) is 11.1. The number of carbonyl (C=O) groups excluding carboxylic acids is 3. The van der Waals surface area contributed by atoms with E-state index in [1.807, 2.05) is 0 Å². The van der Waals surface area contributed by atoms with E-state index in [-0.39, 0.29) is 24.4 Å². The Morgan fingerprint density at radius 3 is 2.35 bits per heavy atom. The predicted octanol–water partition coefficient (Wildman–Crippen LogP) is 3.44. The summed E-state index contributed by atoms with van der Waals surface area (Å²) in [5.41, 5.74) is 2.14. The summed E-state index contributed by atoms with van der Waals surface area (Å²) in [5.74, 6) is -1.25. The summed E-state index contributed by atoms with van der Waals surface area (Å²) in [7, 11) is -3.36. The van der Waals surface area contributed by atoms with Crippen molar-refractivity contribution in [3.8, 4) is 0 Å². The van der Waals surface area contributed by atoms with E-state index in [0.717, 1.165) is 5.56 Å². The van der Waals surface area contributed by atoms with Gasteiger partial charge < -0.3 is 4.74 Å². The van der Waals surface area contributed by atoms with Gasteiger partial charge in [-0.3, -0.25) is 18.7 Å². The molecule has 9 heteroatoms. The van der Waals surface area contributed by atoms with E-state index in [0.29, 0.717) is 34.8 Å². The van der Waals surface area contributed by atoms with Gasteiger partial charge in [0.05, 0.1) is 17.9 Å². The van der Waals surface area contributed by atoms with Crippen molar-refractivity contribution in [3.63, 3.8) is 0 Å². The second-order valence-corrected chi connectivity index (χ2v) is 9.70. The smallest absolute Gasteiger partial charge is 0.306 e. The summed E-state index contributed by atoms with van der Waals surface area (Å²) in [6.45, 7) is 1.49. The van der Waals surface area contributed by atoms with Gasteiger partial charge >= 0.3 is 5.97 Å². The Morgan fingerprint density at radius 2 is 1.68 bits per heavy atom. The first kappa shape index (κ1) is 23.0. The third kappa shape index (κ3) is 5.51. The molecule has 31 heavy (non-hydrogen) atoms. The van der Waals surface area contributed by atoms with Crippen molar-refractivity contribution in [2.24, 2.45) is 0 Å². The molecule has 0 amide bonds. The number of rotatable bonds is 9. The molecule has 2 aromatic carbocycles. The van der Waals surface area contributed by atoms with Gasteiger partial charge in [0.1, 0.15) is 0 Å². The third-order valence-electron chi connectivity index (χ3n) is 5.04. The minimum Gasteiger partial charge on any atom is -0.457 e. The van der Waals surface area contributed by atoms with Crippen LogP contribution in [0.1, 0.15) is 46.0 Å². The molecule has 164 valence electrons. The summed E-state index contributed by atoms with van der Waals surface area (Å²) in [4.78, 5) is 36.4. The van der Waals surface area contributed by atoms with Gasteiger partial charge in [0.15, 0.2) is 18.2 Å². The zero-order valence-electron chi connectivity index (χ0n) is 17.0. The van der Waals surface area contributed by atoms with Crippen LogP contribution in [0.4, 0.5) is 5.69 Å². The Labute approximate surface area is 186 Å². The largest absolute Gasteiger partial charge is 0.457 e. The highest BCUT2D eigenvalue weighted by Gasteiger charge is 2.28. The first-order chi connectivity index (χ1) is 14.7. The molecule has 7 nitrogen and oxygen atoms in total. The zero-order valence-corrected chi connectivity index (χ0v) is 18.5. The van der Waals surface area contributed by atoms with Crippen molar-refractivity contribution in [3.05, 3.63) is 64.2 Å². The quantitative estimate of drug-likeness (QED) is 0.417. The summed E-state index contributed by atoms with van der Waals surface area (Å²) in [5, 5.41) is 0.515. The van der Waals surface area contributed by atoms with Crippen LogP contribution in [0.2, 0.25) is 5.02 Å². The van der Waals surface area contributed by atoms with Crippen LogP contribution < -0.4 is 4.31 Å². The topological polar surface area (TPSA) is 97.8 Å². The predicted molar refractivity (Wildman–Crippen MR) is 117 cm³/mol. The Morgan fingerprint density at radius 1 is 1.00 bits per heavy atom. The summed E-state index contributed by atoms with van der Waals surface area (Å²) >= 11 is 5.78. The van der Waals surface area contributed by atoms with Crippen LogP contribution in [0.15, 0.2) is 42.5 Å². The van der Waals surface area contributed by atoms with Gasteiger partial charge in [-0.05, 0) is 61.4 Å². The first-order valence-electron chi connectivity index (χ1n) is 9.82. The molecule has 0 saturated carbocycles. The number of benzene rings is 2. The highest BCUT2D eigenvalue weighted by atomic mass is 35.5. The maximum Gasteiger partial charge on any atom is 0.306 e. The lowest BCUT2D eigenvalue weighted by Gasteiger charge is -2.18. The molecule has 0 atom stereocenters. The van der Waals surface area contributed by atoms with E-state index in [2.05, 4.69) is 0 Å². The lowest BCUT2D eigenvalue weighted by atomic mass is 10.1. The standard InChI is InChI=1S/C22H22ClNO6S/c1-2-31(28,29)24-12-11-16-13-17(5-8-19(16)24)21(26)14-30-22(27)10-9-20(25)15-3-6-18(23)7-4-15/h3-8,13H,2,9-12,14H2,1H3. The molecule has 0 aromatic heterocycles. The summed E-state index contributed by atoms with van der Waals surface area (Å²) < 4.78 is 30.7. The average molecular weight is 464 g/mol. The average Bonchev–Trinajstić information content (AvgIpc) is 3.20. The molecule has 2 aromatic rings. The number of Topliss-reactive ketones (excluding diaryl/α,β-unsaturated/α-hetero) is 2. The van der Waals surface area contributed by atoms with Gasteiger partial charge in [-0.1, -0.05) is 11.6 Å². The van der Waals surface area contributed by atoms with Gasteiger partial charge in [-0.15, -0.1) is 0 Å². The Bertz CT molecular complexity index is 1110. The van der Waals surface area contributed by atoms with Crippen LogP contribution in [-0.4, -0.2) is 44.9 Å². The number of ether oxygens (including phenoxy) is 1. The molecule has 1 heterocycles. The second-order valence-electron chi connectivity index (χ2n) is 7.08. The van der Waals surface area contributed by atoms with Crippen molar-refractivity contribution in [1.29, 1.82) is 0 Å².